The molecule has 1 heterocycles. The van der Waals surface area contributed by atoms with Gasteiger partial charge in [-0.15, -0.1) is 0 Å². The number of aliphatic hydroxyl groups is 1. The number of hydrogen-bond acceptors (Lipinski definition) is 3. The summed E-state index contributed by atoms with van der Waals surface area (Å²) in [5.74, 6) is 0.930. The van der Waals surface area contributed by atoms with Crippen LogP contribution in [0.3, 0.4) is 0 Å². The van der Waals surface area contributed by atoms with E-state index in [2.05, 4.69) is 16.9 Å². The van der Waals surface area contributed by atoms with Gasteiger partial charge in [0.15, 0.2) is 0 Å². The van der Waals surface area contributed by atoms with Crippen LogP contribution in [0.15, 0.2) is 18.3 Å². The minimum absolute atomic E-state index is 0.0697. The van der Waals surface area contributed by atoms with Crippen molar-refractivity contribution < 1.29 is 5.11 Å². The number of nitrogens with zero attached hydrogens (tertiary/aromatic N) is 2. The molecular weight excluding hydrogens is 176 g/mol. The molecule has 0 aliphatic heterocycles. The summed E-state index contributed by atoms with van der Waals surface area (Å²) in [6.07, 6.45) is 5.59. The van der Waals surface area contributed by atoms with Crippen molar-refractivity contribution in [2.75, 3.05) is 11.9 Å². The highest BCUT2D eigenvalue weighted by molar-refractivity contribution is 5.46. The lowest BCUT2D eigenvalue weighted by atomic mass is 9.91. The zero-order valence-corrected chi connectivity index (χ0v) is 8.48. The summed E-state index contributed by atoms with van der Waals surface area (Å²) in [6, 6.07) is 4.41. The maximum Gasteiger partial charge on any atom is 0.134 e. The number of pyridine rings is 1. The third kappa shape index (κ3) is 1.60. The van der Waals surface area contributed by atoms with Gasteiger partial charge in [-0.3, -0.25) is 0 Å². The standard InChI is InChI=1S/C11H16N2O/c1-13(10-5-2-6-10)11-9(8-14)4-3-7-12-11/h3-4,7,10,14H,2,5-6,8H2,1H3. The SMILES string of the molecule is CN(c1ncccc1CO)C1CCC1. The van der Waals surface area contributed by atoms with Gasteiger partial charge >= 0.3 is 0 Å². The van der Waals surface area contributed by atoms with Crippen LogP contribution in [-0.2, 0) is 6.61 Å². The third-order valence-electron chi connectivity index (χ3n) is 2.99. The lowest BCUT2D eigenvalue weighted by molar-refractivity contribution is 0.281. The fourth-order valence-corrected chi connectivity index (χ4v) is 1.82. The fourth-order valence-electron chi connectivity index (χ4n) is 1.82. The Morgan fingerprint density at radius 3 is 2.93 bits per heavy atom. The molecule has 0 aromatic carbocycles. The van der Waals surface area contributed by atoms with Gasteiger partial charge in [0.25, 0.3) is 0 Å². The van der Waals surface area contributed by atoms with E-state index in [0.29, 0.717) is 6.04 Å². The highest BCUT2D eigenvalue weighted by Gasteiger charge is 2.24. The Bertz CT molecular complexity index is 310. The van der Waals surface area contributed by atoms with Crippen LogP contribution >= 0.6 is 0 Å². The Morgan fingerprint density at radius 2 is 2.36 bits per heavy atom. The molecule has 1 aromatic heterocycles. The molecule has 0 saturated heterocycles. The van der Waals surface area contributed by atoms with Crippen molar-refractivity contribution in [2.24, 2.45) is 0 Å². The van der Waals surface area contributed by atoms with E-state index in [1.807, 2.05) is 12.1 Å². The molecule has 0 bridgehead atoms. The van der Waals surface area contributed by atoms with Gasteiger partial charge in [-0.05, 0) is 25.3 Å². The minimum Gasteiger partial charge on any atom is -0.392 e. The molecule has 0 amide bonds. The van der Waals surface area contributed by atoms with Crippen molar-refractivity contribution in [1.29, 1.82) is 0 Å². The number of anilines is 1. The molecule has 3 nitrogen and oxygen atoms in total. The molecular formula is C11H16N2O. The van der Waals surface area contributed by atoms with Gasteiger partial charge in [-0.2, -0.15) is 0 Å². The molecule has 0 radical (unpaired) electrons. The van der Waals surface area contributed by atoms with Gasteiger partial charge in [0.2, 0.25) is 0 Å². The lowest BCUT2D eigenvalue weighted by Gasteiger charge is -2.36. The zero-order valence-electron chi connectivity index (χ0n) is 8.48. The second-order valence-corrected chi connectivity index (χ2v) is 3.84. The zero-order chi connectivity index (χ0) is 9.97. The first kappa shape index (κ1) is 9.46. The van der Waals surface area contributed by atoms with Gasteiger partial charge < -0.3 is 10.0 Å². The highest BCUT2D eigenvalue weighted by atomic mass is 16.3. The molecule has 1 aromatic rings. The number of rotatable bonds is 3. The van der Waals surface area contributed by atoms with Gasteiger partial charge in [0.1, 0.15) is 5.82 Å². The first-order chi connectivity index (χ1) is 6.83. The van der Waals surface area contributed by atoms with Crippen LogP contribution in [0.5, 0.6) is 0 Å². The molecule has 0 unspecified atom stereocenters. The monoisotopic (exact) mass is 192 g/mol. The molecule has 1 fully saturated rings. The van der Waals surface area contributed by atoms with Crippen LogP contribution in [-0.4, -0.2) is 23.2 Å². The van der Waals surface area contributed by atoms with Crippen molar-refractivity contribution in [2.45, 2.75) is 31.9 Å². The smallest absolute Gasteiger partial charge is 0.134 e. The van der Waals surface area contributed by atoms with Crippen molar-refractivity contribution in [3.63, 3.8) is 0 Å². The molecule has 76 valence electrons. The van der Waals surface area contributed by atoms with Crippen molar-refractivity contribution in [3.8, 4) is 0 Å². The van der Waals surface area contributed by atoms with Crippen LogP contribution < -0.4 is 4.90 Å². The topological polar surface area (TPSA) is 36.4 Å². The van der Waals surface area contributed by atoms with Gasteiger partial charge in [-0.25, -0.2) is 4.98 Å². The maximum absolute atomic E-state index is 9.17. The normalized spacial score (nSPS) is 16.4. The average Bonchev–Trinajstić information content (AvgIpc) is 2.15. The lowest BCUT2D eigenvalue weighted by Crippen LogP contribution is -2.38. The second-order valence-electron chi connectivity index (χ2n) is 3.84. The Kier molecular flexibility index (Phi) is 2.68. The Hall–Kier alpha value is -1.09. The molecule has 2 rings (SSSR count). The maximum atomic E-state index is 9.17. The molecule has 0 atom stereocenters. The Balaban J connectivity index is 2.20. The van der Waals surface area contributed by atoms with E-state index in [4.69, 9.17) is 0 Å². The van der Waals surface area contributed by atoms with Gasteiger partial charge in [-0.1, -0.05) is 6.07 Å². The second kappa shape index (κ2) is 3.96. The largest absolute Gasteiger partial charge is 0.392 e. The first-order valence-electron chi connectivity index (χ1n) is 5.10. The van der Waals surface area contributed by atoms with Crippen LogP contribution in [0.1, 0.15) is 24.8 Å². The molecule has 1 saturated carbocycles. The van der Waals surface area contributed by atoms with Crippen molar-refractivity contribution >= 4 is 5.82 Å². The fraction of sp³-hybridized carbons (Fsp3) is 0.545. The van der Waals surface area contributed by atoms with E-state index in [0.717, 1.165) is 11.4 Å². The van der Waals surface area contributed by atoms with E-state index in [9.17, 15) is 5.11 Å². The highest BCUT2D eigenvalue weighted by Crippen LogP contribution is 2.28. The molecule has 1 aliphatic carbocycles. The van der Waals surface area contributed by atoms with Crippen LogP contribution in [0.4, 0.5) is 5.82 Å². The Morgan fingerprint density at radius 1 is 1.57 bits per heavy atom. The molecule has 1 N–H and O–H groups in total. The van der Waals surface area contributed by atoms with Gasteiger partial charge in [0, 0.05) is 24.8 Å². The van der Waals surface area contributed by atoms with E-state index in [-0.39, 0.29) is 6.61 Å². The van der Waals surface area contributed by atoms with E-state index in [1.165, 1.54) is 19.3 Å². The molecule has 1 aliphatic rings. The summed E-state index contributed by atoms with van der Waals surface area (Å²) in [6.45, 7) is 0.0697. The number of aromatic nitrogens is 1. The van der Waals surface area contributed by atoms with Crippen LogP contribution in [0, 0.1) is 0 Å². The molecule has 3 heteroatoms. The van der Waals surface area contributed by atoms with Gasteiger partial charge in [0.05, 0.1) is 6.61 Å². The average molecular weight is 192 g/mol. The van der Waals surface area contributed by atoms with E-state index in [1.54, 1.807) is 6.20 Å². The summed E-state index contributed by atoms with van der Waals surface area (Å²) in [5, 5.41) is 9.17. The van der Waals surface area contributed by atoms with Crippen molar-refractivity contribution in [1.82, 2.24) is 4.98 Å². The predicted molar refractivity (Wildman–Crippen MR) is 56.2 cm³/mol. The summed E-state index contributed by atoms with van der Waals surface area (Å²) >= 11 is 0. The summed E-state index contributed by atoms with van der Waals surface area (Å²) in [5.41, 5.74) is 0.918. The molecule has 14 heavy (non-hydrogen) atoms. The summed E-state index contributed by atoms with van der Waals surface area (Å²) in [4.78, 5) is 6.51. The number of hydrogen-bond donors (Lipinski definition) is 1. The first-order valence-corrected chi connectivity index (χ1v) is 5.10. The van der Waals surface area contributed by atoms with Crippen molar-refractivity contribution in [3.05, 3.63) is 23.9 Å². The molecule has 0 spiro atoms. The van der Waals surface area contributed by atoms with E-state index < -0.39 is 0 Å². The number of aliphatic hydroxyl groups excluding tert-OH is 1. The van der Waals surface area contributed by atoms with Crippen LogP contribution in [0.2, 0.25) is 0 Å². The third-order valence-corrected chi connectivity index (χ3v) is 2.99. The van der Waals surface area contributed by atoms with Crippen LogP contribution in [0.25, 0.3) is 0 Å². The predicted octanol–water partition coefficient (Wildman–Crippen LogP) is 1.56. The summed E-state index contributed by atoms with van der Waals surface area (Å²) in [7, 11) is 2.06. The Labute approximate surface area is 84.4 Å². The summed E-state index contributed by atoms with van der Waals surface area (Å²) < 4.78 is 0. The van der Waals surface area contributed by atoms with E-state index >= 15 is 0 Å². The minimum atomic E-state index is 0.0697. The quantitative estimate of drug-likeness (QED) is 0.789.